The zero-order valence-corrected chi connectivity index (χ0v) is 17.1. The topological polar surface area (TPSA) is 156 Å². The fraction of sp³-hybridized carbons (Fsp3) is 0.312. The van der Waals surface area contributed by atoms with E-state index in [9.17, 15) is 26.4 Å². The van der Waals surface area contributed by atoms with Crippen molar-refractivity contribution in [1.82, 2.24) is 9.88 Å². The van der Waals surface area contributed by atoms with Crippen molar-refractivity contribution in [3.63, 3.8) is 0 Å². The number of hydrogen-bond acceptors (Lipinski definition) is 8. The van der Waals surface area contributed by atoms with Gasteiger partial charge in [0.1, 0.15) is 5.76 Å². The smallest absolute Gasteiger partial charge is 0.243 e. The number of aromatic nitrogens is 1. The lowest BCUT2D eigenvalue weighted by Crippen LogP contribution is -2.41. The van der Waals surface area contributed by atoms with Crippen molar-refractivity contribution in [3.8, 4) is 0 Å². The van der Waals surface area contributed by atoms with E-state index in [1.165, 1.54) is 25.1 Å². The number of rotatable bonds is 6. The molecule has 0 saturated carbocycles. The van der Waals surface area contributed by atoms with Gasteiger partial charge in [-0.1, -0.05) is 5.16 Å². The van der Waals surface area contributed by atoms with Crippen LogP contribution in [0.1, 0.15) is 19.1 Å². The number of hydrogen-bond donors (Lipinski definition) is 2. The normalized spacial score (nSPS) is 17.3. The van der Waals surface area contributed by atoms with Gasteiger partial charge in [0.2, 0.25) is 31.9 Å². The maximum atomic E-state index is 12.5. The Bertz CT molecular complexity index is 1150. The van der Waals surface area contributed by atoms with Gasteiger partial charge in [-0.25, -0.2) is 21.1 Å². The highest BCUT2D eigenvalue weighted by atomic mass is 32.2. The summed E-state index contributed by atoms with van der Waals surface area (Å²) in [7, 11) is -7.83. The zero-order valence-electron chi connectivity index (χ0n) is 15.4. The molecule has 1 aliphatic heterocycles. The minimum atomic E-state index is -4.08. The fourth-order valence-corrected chi connectivity index (χ4v) is 5.31. The molecule has 0 bridgehead atoms. The number of sulfonamides is 2. The van der Waals surface area contributed by atoms with E-state index in [2.05, 4.69) is 15.2 Å². The van der Waals surface area contributed by atoms with Crippen molar-refractivity contribution in [3.05, 3.63) is 36.1 Å². The Hall–Kier alpha value is -2.77. The number of aryl methyl sites for hydroxylation is 1. The van der Waals surface area contributed by atoms with Crippen molar-refractivity contribution in [2.45, 2.75) is 31.2 Å². The van der Waals surface area contributed by atoms with E-state index in [0.717, 1.165) is 12.1 Å². The number of benzene rings is 1. The third-order valence-corrected chi connectivity index (χ3v) is 7.31. The molecule has 0 aliphatic carbocycles. The number of nitrogens with zero attached hydrogens (tertiary/aromatic N) is 2. The van der Waals surface area contributed by atoms with Crippen LogP contribution in [0, 0.1) is 6.92 Å². The molecule has 0 spiro atoms. The zero-order chi connectivity index (χ0) is 21.4. The van der Waals surface area contributed by atoms with Gasteiger partial charge in [-0.2, -0.15) is 4.72 Å². The molecule has 1 aromatic heterocycles. The molecule has 0 unspecified atom stereocenters. The van der Waals surface area contributed by atoms with Crippen LogP contribution in [-0.2, 0) is 29.6 Å². The summed E-state index contributed by atoms with van der Waals surface area (Å²) < 4.78 is 56.6. The lowest BCUT2D eigenvalue weighted by atomic mass is 10.3. The molecular formula is C16H18N4O7S2. The van der Waals surface area contributed by atoms with Gasteiger partial charge in [-0.3, -0.25) is 9.59 Å². The molecule has 1 atom stereocenters. The molecule has 1 saturated heterocycles. The van der Waals surface area contributed by atoms with Crippen LogP contribution >= 0.6 is 0 Å². The van der Waals surface area contributed by atoms with Gasteiger partial charge < -0.3 is 9.84 Å². The van der Waals surface area contributed by atoms with Crippen LogP contribution in [-0.4, -0.2) is 45.6 Å². The fourth-order valence-electron chi connectivity index (χ4n) is 2.64. The summed E-state index contributed by atoms with van der Waals surface area (Å²) in [6, 6.07) is 5.11. The van der Waals surface area contributed by atoms with Crippen molar-refractivity contribution in [2.75, 3.05) is 15.4 Å². The molecule has 13 heteroatoms. The lowest BCUT2D eigenvalue weighted by Gasteiger charge is -2.16. The molecule has 11 nitrogen and oxygen atoms in total. The quantitative estimate of drug-likeness (QED) is 0.649. The summed E-state index contributed by atoms with van der Waals surface area (Å²) in [5, 5.41) is 6.01. The van der Waals surface area contributed by atoms with E-state index in [0.29, 0.717) is 10.1 Å². The number of amides is 2. The SMILES string of the molecule is Cc1cc(NC(=O)[C@@H](C)NS(=O)(=O)c2ccc(N3C(=O)CCS3(=O)=O)cc2)no1. The average molecular weight is 442 g/mol. The summed E-state index contributed by atoms with van der Waals surface area (Å²) in [6.45, 7) is 2.99. The number of nitrogens with one attached hydrogen (secondary N) is 2. The van der Waals surface area contributed by atoms with Gasteiger partial charge in [-0.05, 0) is 38.1 Å². The Morgan fingerprint density at radius 2 is 1.93 bits per heavy atom. The van der Waals surface area contributed by atoms with E-state index < -0.39 is 37.9 Å². The van der Waals surface area contributed by atoms with Crippen molar-refractivity contribution in [1.29, 1.82) is 0 Å². The standard InChI is InChI=1S/C16H18N4O7S2/c1-10-9-14(18-27-10)17-16(22)11(2)19-29(25,26)13-5-3-12(4-6-13)20-15(21)7-8-28(20,23)24/h3-6,9,11,19H,7-8H2,1-2H3,(H,17,18,22)/t11-/m1/s1. The van der Waals surface area contributed by atoms with Crippen LogP contribution < -0.4 is 14.3 Å². The Kier molecular flexibility index (Phi) is 5.47. The van der Waals surface area contributed by atoms with Crippen LogP contribution in [0.4, 0.5) is 11.5 Å². The number of carbonyl (C=O) groups is 2. The molecule has 1 fully saturated rings. The third-order valence-electron chi connectivity index (χ3n) is 4.06. The van der Waals surface area contributed by atoms with Gasteiger partial charge in [-0.15, -0.1) is 0 Å². The summed E-state index contributed by atoms with van der Waals surface area (Å²) in [5.74, 6) is -0.878. The first-order valence-corrected chi connectivity index (χ1v) is 11.5. The maximum Gasteiger partial charge on any atom is 0.243 e. The maximum absolute atomic E-state index is 12.5. The summed E-state index contributed by atoms with van der Waals surface area (Å²) >= 11 is 0. The Balaban J connectivity index is 1.72. The summed E-state index contributed by atoms with van der Waals surface area (Å²) in [4.78, 5) is 23.7. The largest absolute Gasteiger partial charge is 0.360 e. The molecule has 1 aromatic carbocycles. The number of carbonyl (C=O) groups excluding carboxylic acids is 2. The van der Waals surface area contributed by atoms with Crippen molar-refractivity contribution in [2.24, 2.45) is 0 Å². The van der Waals surface area contributed by atoms with Gasteiger partial charge in [0.25, 0.3) is 0 Å². The van der Waals surface area contributed by atoms with E-state index in [4.69, 9.17) is 4.52 Å². The minimum absolute atomic E-state index is 0.0543. The molecule has 2 aromatic rings. The van der Waals surface area contributed by atoms with Crippen LogP contribution in [0.3, 0.4) is 0 Å². The molecule has 2 N–H and O–H groups in total. The van der Waals surface area contributed by atoms with Gasteiger partial charge in [0, 0.05) is 12.5 Å². The molecule has 156 valence electrons. The average Bonchev–Trinajstić information content (AvgIpc) is 3.16. The Labute approximate surface area is 167 Å². The number of anilines is 2. The first-order valence-electron chi connectivity index (χ1n) is 8.42. The second kappa shape index (κ2) is 7.57. The molecule has 1 aliphatic rings. The van der Waals surface area contributed by atoms with Crippen LogP contribution in [0.2, 0.25) is 0 Å². The highest BCUT2D eigenvalue weighted by Gasteiger charge is 2.36. The molecule has 3 rings (SSSR count). The van der Waals surface area contributed by atoms with E-state index in [-0.39, 0.29) is 28.6 Å². The first kappa shape index (κ1) is 21.0. The van der Waals surface area contributed by atoms with Gasteiger partial charge in [0.15, 0.2) is 5.82 Å². The molecule has 0 radical (unpaired) electrons. The molecule has 2 heterocycles. The van der Waals surface area contributed by atoms with Gasteiger partial charge in [0.05, 0.1) is 22.4 Å². The third kappa shape index (κ3) is 4.46. The van der Waals surface area contributed by atoms with Crippen LogP contribution in [0.15, 0.2) is 39.8 Å². The second-order valence-corrected chi connectivity index (χ2v) is 10.0. The van der Waals surface area contributed by atoms with E-state index >= 15 is 0 Å². The van der Waals surface area contributed by atoms with E-state index in [1.807, 2.05) is 0 Å². The predicted octanol–water partition coefficient (Wildman–Crippen LogP) is 0.355. The van der Waals surface area contributed by atoms with Crippen LogP contribution in [0.25, 0.3) is 0 Å². The molecule has 29 heavy (non-hydrogen) atoms. The second-order valence-electron chi connectivity index (χ2n) is 6.37. The Morgan fingerprint density at radius 3 is 2.45 bits per heavy atom. The summed E-state index contributed by atoms with van der Waals surface area (Å²) in [5.41, 5.74) is 0.0543. The van der Waals surface area contributed by atoms with Crippen molar-refractivity contribution < 1.29 is 30.9 Å². The van der Waals surface area contributed by atoms with Crippen molar-refractivity contribution >= 4 is 43.4 Å². The minimum Gasteiger partial charge on any atom is -0.360 e. The Morgan fingerprint density at radius 1 is 1.28 bits per heavy atom. The molecular weight excluding hydrogens is 424 g/mol. The monoisotopic (exact) mass is 442 g/mol. The van der Waals surface area contributed by atoms with Gasteiger partial charge >= 0.3 is 0 Å². The highest BCUT2D eigenvalue weighted by molar-refractivity contribution is 7.94. The first-order chi connectivity index (χ1) is 13.5. The molecule has 2 amide bonds. The lowest BCUT2D eigenvalue weighted by molar-refractivity contribution is -0.117. The van der Waals surface area contributed by atoms with E-state index in [1.54, 1.807) is 6.92 Å². The summed E-state index contributed by atoms with van der Waals surface area (Å²) in [6.07, 6.45) is -0.123. The van der Waals surface area contributed by atoms with Crippen LogP contribution in [0.5, 0.6) is 0 Å². The predicted molar refractivity (Wildman–Crippen MR) is 102 cm³/mol. The highest BCUT2D eigenvalue weighted by Crippen LogP contribution is 2.26.